The van der Waals surface area contributed by atoms with Crippen LogP contribution in [0, 0.1) is 28.6 Å². The molecule has 1 aliphatic heterocycles. The Labute approximate surface area is 383 Å². The zero-order valence-corrected chi connectivity index (χ0v) is 40.5. The van der Waals surface area contributed by atoms with Crippen LogP contribution in [0.15, 0.2) is 90.0 Å². The lowest BCUT2D eigenvalue weighted by Gasteiger charge is -2.41. The zero-order valence-electron chi connectivity index (χ0n) is 38.6. The summed E-state index contributed by atoms with van der Waals surface area (Å²) in [7, 11) is -1.60. The van der Waals surface area contributed by atoms with Crippen molar-refractivity contribution in [3.8, 4) is 23.6 Å². The average molecular weight is 926 g/mol. The van der Waals surface area contributed by atoms with Gasteiger partial charge < -0.3 is 42.3 Å². The Balaban J connectivity index is 1.54. The maximum atomic E-state index is 13.5. The standard InChI is InChI=1S/C47H60N7O9PSi/c1-32(2)29-50-45-52-42-39(43(55)53-45)51-31-54(42)44-41(63-65(8,9)46(3,4)5)40(62-64(59-27-13-25-48)60-28-14-26-49)38(61-44)30-58-47(33-15-11-10-12-16-33,34-17-21-36(56-6)22-18-34)35-19-23-37(57-7)24-20-35/h10-12,15-24,31-32,38,40-41,44H,13-14,27-30H2,1-9H3,(H2,50,52,53,55)/t38-,40-,41-,44-/m1/s1. The molecule has 3 aromatic carbocycles. The van der Waals surface area contributed by atoms with E-state index < -0.39 is 52.6 Å². The number of imidazole rings is 1. The zero-order chi connectivity index (χ0) is 46.8. The number of aromatic amines is 1. The van der Waals surface area contributed by atoms with E-state index in [1.165, 1.54) is 6.33 Å². The second-order valence-electron chi connectivity index (χ2n) is 17.5. The van der Waals surface area contributed by atoms with E-state index in [9.17, 15) is 15.3 Å². The van der Waals surface area contributed by atoms with Crippen LogP contribution in [0.2, 0.25) is 18.1 Å². The second kappa shape index (κ2) is 21.9. The number of benzene rings is 3. The first kappa shape index (κ1) is 49.2. The molecule has 16 nitrogen and oxygen atoms in total. The van der Waals surface area contributed by atoms with Gasteiger partial charge in [0.25, 0.3) is 5.56 Å². The van der Waals surface area contributed by atoms with Gasteiger partial charge in [-0.15, -0.1) is 0 Å². The summed E-state index contributed by atoms with van der Waals surface area (Å²) < 4.78 is 53.9. The highest BCUT2D eigenvalue weighted by Crippen LogP contribution is 2.50. The number of methoxy groups -OCH3 is 2. The van der Waals surface area contributed by atoms with Gasteiger partial charge in [-0.05, 0) is 65.0 Å². The third-order valence-corrected chi connectivity index (χ3v) is 17.2. The lowest BCUT2D eigenvalue weighted by molar-refractivity contribution is -0.0929. The van der Waals surface area contributed by atoms with E-state index in [1.807, 2.05) is 78.9 Å². The van der Waals surface area contributed by atoms with Crippen molar-refractivity contribution in [3.05, 3.63) is 112 Å². The van der Waals surface area contributed by atoms with Gasteiger partial charge in [-0.2, -0.15) is 15.5 Å². The molecule has 4 atom stereocenters. The van der Waals surface area contributed by atoms with Crippen LogP contribution in [0.1, 0.15) is 70.4 Å². The smallest absolute Gasteiger partial charge is 0.333 e. The molecular formula is C47H60N7O9PSi. The van der Waals surface area contributed by atoms with Gasteiger partial charge in [-0.25, -0.2) is 4.98 Å². The molecule has 1 aliphatic rings. The number of hydrogen-bond donors (Lipinski definition) is 2. The molecule has 1 saturated heterocycles. The van der Waals surface area contributed by atoms with Crippen LogP contribution in [-0.4, -0.2) is 86.7 Å². The SMILES string of the molecule is COc1ccc(C(OC[C@H]2O[C@@H](n3cnc4c(=O)[nH]c(NCC(C)C)nc43)[C@H](O[Si](C)(C)C(C)(C)C)[C@@H]2OP(OCCC#N)OCCC#N)(c2ccccc2)c2ccc(OC)cc2)cc1. The molecule has 3 heterocycles. The number of anilines is 1. The molecule has 0 unspecified atom stereocenters. The monoisotopic (exact) mass is 925 g/mol. The second-order valence-corrected chi connectivity index (χ2v) is 23.4. The number of hydrogen-bond acceptors (Lipinski definition) is 14. The number of nitrogens with zero attached hydrogens (tertiary/aromatic N) is 5. The van der Waals surface area contributed by atoms with Crippen molar-refractivity contribution in [2.45, 2.75) is 95.7 Å². The van der Waals surface area contributed by atoms with E-state index in [-0.39, 0.29) is 60.7 Å². The maximum absolute atomic E-state index is 13.5. The highest BCUT2D eigenvalue weighted by atomic mass is 31.2. The number of fused-ring (bicyclic) bond motifs is 1. The molecule has 0 spiro atoms. The van der Waals surface area contributed by atoms with Crippen LogP contribution in [0.4, 0.5) is 5.95 Å². The summed E-state index contributed by atoms with van der Waals surface area (Å²) in [4.78, 5) is 25.7. The van der Waals surface area contributed by atoms with Gasteiger partial charge in [0.15, 0.2) is 25.7 Å². The van der Waals surface area contributed by atoms with E-state index in [4.69, 9.17) is 41.9 Å². The predicted molar refractivity (Wildman–Crippen MR) is 250 cm³/mol. The van der Waals surface area contributed by atoms with Crippen LogP contribution in [0.5, 0.6) is 11.5 Å². The minimum Gasteiger partial charge on any atom is -0.497 e. The van der Waals surface area contributed by atoms with Crippen LogP contribution < -0.4 is 20.3 Å². The highest BCUT2D eigenvalue weighted by molar-refractivity contribution is 7.41. The number of aromatic nitrogens is 4. The van der Waals surface area contributed by atoms with Gasteiger partial charge in [0, 0.05) is 6.54 Å². The average Bonchev–Trinajstić information content (AvgIpc) is 3.86. The fraction of sp³-hybridized carbons (Fsp3) is 0.468. The van der Waals surface area contributed by atoms with Crippen molar-refractivity contribution in [3.63, 3.8) is 0 Å². The van der Waals surface area contributed by atoms with Crippen molar-refractivity contribution >= 4 is 34.0 Å². The van der Waals surface area contributed by atoms with Gasteiger partial charge in [0.2, 0.25) is 5.95 Å². The minimum atomic E-state index is -2.68. The van der Waals surface area contributed by atoms with Crippen molar-refractivity contribution in [1.29, 1.82) is 10.5 Å². The Morgan fingerprint density at radius 3 is 1.97 bits per heavy atom. The van der Waals surface area contributed by atoms with Crippen LogP contribution in [0.25, 0.3) is 11.2 Å². The topological polar surface area (TPSA) is 197 Å². The first-order chi connectivity index (χ1) is 31.1. The number of ether oxygens (including phenoxy) is 4. The summed E-state index contributed by atoms with van der Waals surface area (Å²) in [6.07, 6.45) is -1.96. The summed E-state index contributed by atoms with van der Waals surface area (Å²) in [6.45, 7) is 15.4. The lowest BCUT2D eigenvalue weighted by atomic mass is 9.80. The third kappa shape index (κ3) is 11.4. The molecule has 0 aliphatic carbocycles. The molecule has 1 fully saturated rings. The van der Waals surface area contributed by atoms with Crippen molar-refractivity contribution < 1.29 is 36.9 Å². The van der Waals surface area contributed by atoms with Gasteiger partial charge in [-0.3, -0.25) is 14.3 Å². The molecule has 18 heteroatoms. The van der Waals surface area contributed by atoms with E-state index >= 15 is 0 Å². The molecule has 2 aromatic heterocycles. The fourth-order valence-electron chi connectivity index (χ4n) is 7.14. The Morgan fingerprint density at radius 1 is 0.877 bits per heavy atom. The minimum absolute atomic E-state index is 0.0255. The summed E-state index contributed by atoms with van der Waals surface area (Å²) in [5, 5.41) is 21.8. The Bertz CT molecular complexity index is 2380. The molecule has 5 aromatic rings. The van der Waals surface area contributed by atoms with E-state index in [0.29, 0.717) is 18.0 Å². The highest BCUT2D eigenvalue weighted by Gasteiger charge is 2.54. The molecular weight excluding hydrogens is 866 g/mol. The maximum Gasteiger partial charge on any atom is 0.333 e. The van der Waals surface area contributed by atoms with Crippen molar-refractivity contribution in [2.24, 2.45) is 5.92 Å². The van der Waals surface area contributed by atoms with Gasteiger partial charge >= 0.3 is 8.60 Å². The summed E-state index contributed by atoms with van der Waals surface area (Å²) in [6, 6.07) is 29.6. The number of nitrogens with one attached hydrogen (secondary N) is 2. The van der Waals surface area contributed by atoms with E-state index in [1.54, 1.807) is 18.8 Å². The largest absolute Gasteiger partial charge is 0.497 e. The van der Waals surface area contributed by atoms with E-state index in [2.05, 4.69) is 75.1 Å². The third-order valence-electron chi connectivity index (χ3n) is 11.6. The molecule has 0 amide bonds. The first-order valence-electron chi connectivity index (χ1n) is 21.6. The van der Waals surface area contributed by atoms with E-state index in [0.717, 1.165) is 16.7 Å². The fourth-order valence-corrected chi connectivity index (χ4v) is 9.56. The molecule has 346 valence electrons. The Hall–Kier alpha value is -5.20. The predicted octanol–water partition coefficient (Wildman–Crippen LogP) is 8.97. The number of rotatable bonds is 22. The molecule has 0 bridgehead atoms. The summed E-state index contributed by atoms with van der Waals surface area (Å²) in [5.41, 5.74) is 1.21. The van der Waals surface area contributed by atoms with Crippen LogP contribution in [-0.2, 0) is 33.1 Å². The number of nitriles is 2. The molecule has 65 heavy (non-hydrogen) atoms. The first-order valence-corrected chi connectivity index (χ1v) is 25.6. The quantitative estimate of drug-likeness (QED) is 0.0289. The normalized spacial score (nSPS) is 17.9. The molecule has 6 rings (SSSR count). The van der Waals surface area contributed by atoms with Gasteiger partial charge in [-0.1, -0.05) is 89.2 Å². The molecule has 0 saturated carbocycles. The lowest BCUT2D eigenvalue weighted by Crippen LogP contribution is -2.49. The number of H-pyrrole nitrogens is 1. The van der Waals surface area contributed by atoms with Crippen molar-refractivity contribution in [2.75, 3.05) is 45.9 Å². The van der Waals surface area contributed by atoms with Gasteiger partial charge in [0.05, 0.1) is 65.3 Å². The van der Waals surface area contributed by atoms with Crippen molar-refractivity contribution in [1.82, 2.24) is 19.5 Å². The van der Waals surface area contributed by atoms with Gasteiger partial charge in [0.1, 0.15) is 35.4 Å². The Kier molecular flexibility index (Phi) is 16.6. The van der Waals surface area contributed by atoms with Crippen LogP contribution in [0.3, 0.4) is 0 Å². The molecule has 2 N–H and O–H groups in total. The summed E-state index contributed by atoms with van der Waals surface area (Å²) in [5.74, 6) is 1.92. The molecule has 0 radical (unpaired) electrons. The van der Waals surface area contributed by atoms with Crippen LogP contribution >= 0.6 is 8.60 Å². The Morgan fingerprint density at radius 2 is 1.45 bits per heavy atom. The summed E-state index contributed by atoms with van der Waals surface area (Å²) >= 11 is 0.